The third-order valence-electron chi connectivity index (χ3n) is 3.84. The molecule has 0 radical (unpaired) electrons. The number of guanidine groups is 1. The smallest absolute Gasteiger partial charge is 0.239 e. The number of aliphatic imine (C=N–C) groups is 1. The van der Waals surface area contributed by atoms with E-state index in [-0.39, 0.29) is 18.0 Å². The summed E-state index contributed by atoms with van der Waals surface area (Å²) in [5.74, 6) is 1.47. The molecule has 0 bridgehead atoms. The van der Waals surface area contributed by atoms with Crippen LogP contribution in [0.4, 0.5) is 0 Å². The van der Waals surface area contributed by atoms with E-state index >= 15 is 0 Å². The van der Waals surface area contributed by atoms with Gasteiger partial charge in [-0.05, 0) is 66.1 Å². The normalized spacial score (nSPS) is 18.1. The predicted molar refractivity (Wildman–Crippen MR) is 92.1 cm³/mol. The Morgan fingerprint density at radius 2 is 1.86 bits per heavy atom. The zero-order valence-corrected chi connectivity index (χ0v) is 14.8. The van der Waals surface area contributed by atoms with Crippen molar-refractivity contribution in [3.8, 4) is 0 Å². The Balaban J connectivity index is 2.18. The van der Waals surface area contributed by atoms with Crippen LogP contribution in [0.1, 0.15) is 40.0 Å². The number of carbonyl (C=O) groups excluding carboxylic acids is 1. The van der Waals surface area contributed by atoms with Crippen LogP contribution in [0.25, 0.3) is 0 Å². The molecule has 22 heavy (non-hydrogen) atoms. The summed E-state index contributed by atoms with van der Waals surface area (Å²) < 4.78 is 0. The summed E-state index contributed by atoms with van der Waals surface area (Å²) >= 11 is 0. The van der Waals surface area contributed by atoms with Crippen LogP contribution in [-0.2, 0) is 4.79 Å². The molecule has 1 aliphatic rings. The van der Waals surface area contributed by atoms with Crippen molar-refractivity contribution in [2.75, 3.05) is 40.3 Å². The van der Waals surface area contributed by atoms with Gasteiger partial charge in [0.05, 0.1) is 6.54 Å². The first-order valence-electron chi connectivity index (χ1n) is 8.24. The highest BCUT2D eigenvalue weighted by atomic mass is 16.2. The summed E-state index contributed by atoms with van der Waals surface area (Å²) in [6.07, 6.45) is 3.71. The number of rotatable bonds is 5. The van der Waals surface area contributed by atoms with Gasteiger partial charge in [0, 0.05) is 19.1 Å². The van der Waals surface area contributed by atoms with Gasteiger partial charge in [-0.25, -0.2) is 0 Å². The first-order chi connectivity index (χ1) is 10.3. The average Bonchev–Trinajstić information content (AvgIpc) is 2.42. The lowest BCUT2D eigenvalue weighted by Gasteiger charge is -2.29. The molecule has 128 valence electrons. The monoisotopic (exact) mass is 311 g/mol. The quantitative estimate of drug-likeness (QED) is 0.519. The van der Waals surface area contributed by atoms with Gasteiger partial charge in [-0.15, -0.1) is 0 Å². The van der Waals surface area contributed by atoms with Crippen LogP contribution in [-0.4, -0.2) is 62.6 Å². The first-order valence-corrected chi connectivity index (χ1v) is 8.24. The summed E-state index contributed by atoms with van der Waals surface area (Å²) in [6.45, 7) is 9.45. The first kappa shape index (κ1) is 18.7. The summed E-state index contributed by atoms with van der Waals surface area (Å²) in [5, 5.41) is 9.27. The molecule has 1 aliphatic heterocycles. The second-order valence-corrected chi connectivity index (χ2v) is 7.19. The predicted octanol–water partition coefficient (Wildman–Crippen LogP) is 0.798. The number of amides is 1. The van der Waals surface area contributed by atoms with E-state index in [0.29, 0.717) is 5.96 Å². The molecular formula is C16H33N5O. The Kier molecular flexibility index (Phi) is 7.65. The molecule has 3 N–H and O–H groups in total. The highest BCUT2D eigenvalue weighted by Gasteiger charge is 2.16. The third kappa shape index (κ3) is 8.22. The minimum Gasteiger partial charge on any atom is -0.356 e. The number of nitrogens with zero attached hydrogens (tertiary/aromatic N) is 2. The molecule has 0 atom stereocenters. The van der Waals surface area contributed by atoms with E-state index in [1.165, 1.54) is 25.9 Å². The Labute approximate surface area is 135 Å². The van der Waals surface area contributed by atoms with Gasteiger partial charge < -0.3 is 20.9 Å². The largest absolute Gasteiger partial charge is 0.356 e. The summed E-state index contributed by atoms with van der Waals surface area (Å²) in [5.41, 5.74) is -0.205. The van der Waals surface area contributed by atoms with E-state index in [1.54, 1.807) is 7.05 Å². The number of carbonyl (C=O) groups is 1. The molecule has 1 saturated heterocycles. The molecular weight excluding hydrogens is 278 g/mol. The van der Waals surface area contributed by atoms with Crippen LogP contribution in [0.15, 0.2) is 4.99 Å². The zero-order valence-electron chi connectivity index (χ0n) is 14.8. The van der Waals surface area contributed by atoms with Crippen molar-refractivity contribution in [1.82, 2.24) is 20.9 Å². The minimum absolute atomic E-state index is 0.0224. The average molecular weight is 311 g/mol. The lowest BCUT2D eigenvalue weighted by atomic mass is 9.94. The van der Waals surface area contributed by atoms with Crippen LogP contribution < -0.4 is 16.0 Å². The SMILES string of the molecule is CN=C(NCCC1CCN(C)CC1)NCC(=O)NC(C)(C)C. The number of nitrogens with one attached hydrogen (secondary N) is 3. The fourth-order valence-electron chi connectivity index (χ4n) is 2.59. The van der Waals surface area contributed by atoms with E-state index in [0.717, 1.165) is 18.9 Å². The van der Waals surface area contributed by atoms with Gasteiger partial charge in [-0.3, -0.25) is 9.79 Å². The molecule has 0 aromatic heterocycles. The standard InChI is InChI=1S/C16H33N5O/c1-16(2,3)20-14(22)12-19-15(17-4)18-9-6-13-7-10-21(5)11-8-13/h13H,6-12H2,1-5H3,(H,20,22)(H2,17,18,19). The van der Waals surface area contributed by atoms with Crippen molar-refractivity contribution in [3.05, 3.63) is 0 Å². The van der Waals surface area contributed by atoms with Crippen LogP contribution >= 0.6 is 0 Å². The Bertz CT molecular complexity index is 367. The fraction of sp³-hybridized carbons (Fsp3) is 0.875. The van der Waals surface area contributed by atoms with Gasteiger partial charge in [0.2, 0.25) is 5.91 Å². The highest BCUT2D eigenvalue weighted by Crippen LogP contribution is 2.18. The molecule has 1 fully saturated rings. The van der Waals surface area contributed by atoms with Crippen molar-refractivity contribution in [3.63, 3.8) is 0 Å². The van der Waals surface area contributed by atoms with Crippen molar-refractivity contribution in [1.29, 1.82) is 0 Å². The van der Waals surface area contributed by atoms with E-state index in [2.05, 4.69) is 32.9 Å². The maximum atomic E-state index is 11.8. The van der Waals surface area contributed by atoms with Crippen LogP contribution in [0.5, 0.6) is 0 Å². The fourth-order valence-corrected chi connectivity index (χ4v) is 2.59. The van der Waals surface area contributed by atoms with Crippen molar-refractivity contribution < 1.29 is 4.79 Å². The van der Waals surface area contributed by atoms with E-state index < -0.39 is 0 Å². The lowest BCUT2D eigenvalue weighted by molar-refractivity contribution is -0.121. The summed E-state index contributed by atoms with van der Waals surface area (Å²) in [7, 11) is 3.91. The Morgan fingerprint density at radius 3 is 2.41 bits per heavy atom. The van der Waals surface area contributed by atoms with Gasteiger partial charge in [0.15, 0.2) is 5.96 Å². The molecule has 6 heteroatoms. The Hall–Kier alpha value is -1.30. The molecule has 0 aromatic rings. The Morgan fingerprint density at radius 1 is 1.23 bits per heavy atom. The van der Waals surface area contributed by atoms with Crippen molar-refractivity contribution >= 4 is 11.9 Å². The minimum atomic E-state index is -0.205. The molecule has 1 amide bonds. The molecule has 0 saturated carbocycles. The summed E-state index contributed by atoms with van der Waals surface area (Å²) in [6, 6.07) is 0. The van der Waals surface area contributed by atoms with Crippen molar-refractivity contribution in [2.24, 2.45) is 10.9 Å². The number of piperidine rings is 1. The summed E-state index contributed by atoms with van der Waals surface area (Å²) in [4.78, 5) is 18.3. The van der Waals surface area contributed by atoms with E-state index in [4.69, 9.17) is 0 Å². The van der Waals surface area contributed by atoms with Crippen molar-refractivity contribution in [2.45, 2.75) is 45.6 Å². The van der Waals surface area contributed by atoms with Gasteiger partial charge in [0.1, 0.15) is 0 Å². The zero-order chi connectivity index (χ0) is 16.6. The topological polar surface area (TPSA) is 68.8 Å². The molecule has 0 aliphatic carbocycles. The molecule has 0 aromatic carbocycles. The number of hydrogen-bond donors (Lipinski definition) is 3. The van der Waals surface area contributed by atoms with Gasteiger partial charge >= 0.3 is 0 Å². The molecule has 6 nitrogen and oxygen atoms in total. The maximum Gasteiger partial charge on any atom is 0.239 e. The lowest BCUT2D eigenvalue weighted by Crippen LogP contribution is -2.48. The maximum absolute atomic E-state index is 11.8. The molecule has 0 unspecified atom stereocenters. The van der Waals surface area contributed by atoms with Gasteiger partial charge in [-0.1, -0.05) is 0 Å². The second-order valence-electron chi connectivity index (χ2n) is 7.19. The second kappa shape index (κ2) is 8.98. The number of likely N-dealkylation sites (tertiary alicyclic amines) is 1. The van der Waals surface area contributed by atoms with Crippen LogP contribution in [0.2, 0.25) is 0 Å². The molecule has 1 heterocycles. The van der Waals surface area contributed by atoms with E-state index in [1.807, 2.05) is 20.8 Å². The van der Waals surface area contributed by atoms with Crippen LogP contribution in [0, 0.1) is 5.92 Å². The van der Waals surface area contributed by atoms with Gasteiger partial charge in [-0.2, -0.15) is 0 Å². The van der Waals surface area contributed by atoms with E-state index in [9.17, 15) is 4.79 Å². The van der Waals surface area contributed by atoms with Gasteiger partial charge in [0.25, 0.3) is 0 Å². The molecule has 1 rings (SSSR count). The highest BCUT2D eigenvalue weighted by molar-refractivity contribution is 5.86. The number of hydrogen-bond acceptors (Lipinski definition) is 3. The van der Waals surface area contributed by atoms with Crippen LogP contribution in [0.3, 0.4) is 0 Å². The third-order valence-corrected chi connectivity index (χ3v) is 3.84. The molecule has 0 spiro atoms.